The summed E-state index contributed by atoms with van der Waals surface area (Å²) in [7, 11) is 1.30. The van der Waals surface area contributed by atoms with E-state index in [2.05, 4.69) is 16.9 Å². The van der Waals surface area contributed by atoms with Gasteiger partial charge in [0.25, 0.3) is 0 Å². The van der Waals surface area contributed by atoms with Crippen LogP contribution in [0.3, 0.4) is 0 Å². The van der Waals surface area contributed by atoms with E-state index in [1.165, 1.54) is 12.0 Å². The zero-order valence-electron chi connectivity index (χ0n) is 10.5. The maximum atomic E-state index is 12.2. The summed E-state index contributed by atoms with van der Waals surface area (Å²) in [4.78, 5) is 25.2. The van der Waals surface area contributed by atoms with Gasteiger partial charge >= 0.3 is 5.97 Å². The third-order valence-electron chi connectivity index (χ3n) is 3.62. The SMILES string of the molecule is COC(=O)C1CC(O)CN1C(=O)CC1C=CCC1. The Labute approximate surface area is 106 Å². The van der Waals surface area contributed by atoms with Crippen LogP contribution in [0.2, 0.25) is 0 Å². The number of carbonyl (C=O) groups excluding carboxylic acids is 2. The lowest BCUT2D eigenvalue weighted by molar-refractivity contribution is -0.151. The van der Waals surface area contributed by atoms with Gasteiger partial charge in [-0.25, -0.2) is 4.79 Å². The molecule has 0 radical (unpaired) electrons. The lowest BCUT2D eigenvalue weighted by Gasteiger charge is -2.23. The fraction of sp³-hybridized carbons (Fsp3) is 0.692. The number of aliphatic hydroxyl groups is 1. The molecule has 18 heavy (non-hydrogen) atoms. The molecule has 100 valence electrons. The van der Waals surface area contributed by atoms with Crippen molar-refractivity contribution in [1.82, 2.24) is 4.90 Å². The molecule has 3 atom stereocenters. The van der Waals surface area contributed by atoms with Crippen LogP contribution in [0, 0.1) is 5.92 Å². The van der Waals surface area contributed by atoms with E-state index in [-0.39, 0.29) is 24.8 Å². The zero-order chi connectivity index (χ0) is 13.1. The molecule has 0 bridgehead atoms. The minimum Gasteiger partial charge on any atom is -0.467 e. The first kappa shape index (κ1) is 13.1. The quantitative estimate of drug-likeness (QED) is 0.587. The lowest BCUT2D eigenvalue weighted by Crippen LogP contribution is -2.41. The van der Waals surface area contributed by atoms with Crippen molar-refractivity contribution in [2.24, 2.45) is 5.92 Å². The molecule has 1 saturated heterocycles. The normalized spacial score (nSPS) is 30.8. The van der Waals surface area contributed by atoms with Gasteiger partial charge in [0, 0.05) is 19.4 Å². The van der Waals surface area contributed by atoms with Gasteiger partial charge in [-0.15, -0.1) is 0 Å². The van der Waals surface area contributed by atoms with E-state index in [4.69, 9.17) is 0 Å². The van der Waals surface area contributed by atoms with E-state index in [1.54, 1.807) is 0 Å². The molecule has 1 N–H and O–H groups in total. The van der Waals surface area contributed by atoms with Crippen LogP contribution >= 0.6 is 0 Å². The van der Waals surface area contributed by atoms with Crippen LogP contribution in [0.15, 0.2) is 12.2 Å². The van der Waals surface area contributed by atoms with Gasteiger partial charge < -0.3 is 14.7 Å². The van der Waals surface area contributed by atoms with Gasteiger partial charge in [0.1, 0.15) is 6.04 Å². The Kier molecular flexibility index (Phi) is 4.01. The number of aliphatic hydroxyl groups excluding tert-OH is 1. The Hall–Kier alpha value is -1.36. The number of amides is 1. The first-order valence-corrected chi connectivity index (χ1v) is 6.34. The molecular weight excluding hydrogens is 234 g/mol. The third-order valence-corrected chi connectivity index (χ3v) is 3.62. The van der Waals surface area contributed by atoms with E-state index in [1.807, 2.05) is 0 Å². The molecule has 0 aromatic rings. The Bertz CT molecular complexity index is 366. The molecule has 0 aromatic carbocycles. The van der Waals surface area contributed by atoms with Crippen molar-refractivity contribution in [3.63, 3.8) is 0 Å². The van der Waals surface area contributed by atoms with E-state index in [9.17, 15) is 14.7 Å². The van der Waals surface area contributed by atoms with Gasteiger partial charge in [0.2, 0.25) is 5.91 Å². The summed E-state index contributed by atoms with van der Waals surface area (Å²) in [5.74, 6) is -0.242. The number of esters is 1. The van der Waals surface area contributed by atoms with Crippen molar-refractivity contribution in [3.05, 3.63) is 12.2 Å². The fourth-order valence-electron chi connectivity index (χ4n) is 2.66. The van der Waals surface area contributed by atoms with Crippen LogP contribution in [0.4, 0.5) is 0 Å². The standard InChI is InChI=1S/C13H19NO4/c1-18-13(17)11-7-10(15)8-14(11)12(16)6-9-4-2-3-5-9/h2,4,9-11,15H,3,5-8H2,1H3. The topological polar surface area (TPSA) is 66.8 Å². The molecule has 0 saturated carbocycles. The van der Waals surface area contributed by atoms with Crippen molar-refractivity contribution in [2.75, 3.05) is 13.7 Å². The van der Waals surface area contributed by atoms with E-state index >= 15 is 0 Å². The number of allylic oxidation sites excluding steroid dienone is 2. The molecule has 2 rings (SSSR count). The van der Waals surface area contributed by atoms with Crippen molar-refractivity contribution >= 4 is 11.9 Å². The van der Waals surface area contributed by atoms with Crippen LogP contribution in [-0.4, -0.2) is 47.7 Å². The van der Waals surface area contributed by atoms with Gasteiger partial charge in [-0.1, -0.05) is 12.2 Å². The molecule has 3 unspecified atom stereocenters. The largest absolute Gasteiger partial charge is 0.467 e. The highest BCUT2D eigenvalue weighted by molar-refractivity contribution is 5.85. The van der Waals surface area contributed by atoms with Gasteiger partial charge in [-0.05, 0) is 18.8 Å². The number of carbonyl (C=O) groups is 2. The Morgan fingerprint density at radius 2 is 2.28 bits per heavy atom. The molecule has 5 heteroatoms. The number of nitrogens with zero attached hydrogens (tertiary/aromatic N) is 1. The summed E-state index contributed by atoms with van der Waals surface area (Å²) in [6.45, 7) is 0.231. The van der Waals surface area contributed by atoms with Crippen LogP contribution in [0.1, 0.15) is 25.7 Å². The Morgan fingerprint density at radius 3 is 2.89 bits per heavy atom. The van der Waals surface area contributed by atoms with Gasteiger partial charge in [0.05, 0.1) is 13.2 Å². The highest BCUT2D eigenvalue weighted by atomic mass is 16.5. The maximum absolute atomic E-state index is 12.2. The maximum Gasteiger partial charge on any atom is 0.328 e. The van der Waals surface area contributed by atoms with Gasteiger partial charge in [0.15, 0.2) is 0 Å². The summed E-state index contributed by atoms with van der Waals surface area (Å²) in [5, 5.41) is 9.61. The number of likely N-dealkylation sites (tertiary alicyclic amines) is 1. The summed E-state index contributed by atoms with van der Waals surface area (Å²) >= 11 is 0. The molecule has 2 aliphatic rings. The summed E-state index contributed by atoms with van der Waals surface area (Å²) in [6.07, 6.45) is 6.20. The second kappa shape index (κ2) is 5.52. The molecule has 1 aliphatic heterocycles. The minimum absolute atomic E-state index is 0.0708. The van der Waals surface area contributed by atoms with Crippen molar-refractivity contribution in [3.8, 4) is 0 Å². The number of hydrogen-bond donors (Lipinski definition) is 1. The van der Waals surface area contributed by atoms with E-state index in [0.717, 1.165) is 12.8 Å². The van der Waals surface area contributed by atoms with Crippen LogP contribution in [-0.2, 0) is 14.3 Å². The summed E-state index contributed by atoms with van der Waals surface area (Å²) in [5.41, 5.74) is 0. The van der Waals surface area contributed by atoms with E-state index < -0.39 is 18.1 Å². The van der Waals surface area contributed by atoms with Gasteiger partial charge in [-0.2, -0.15) is 0 Å². The molecule has 1 fully saturated rings. The second-order valence-electron chi connectivity index (χ2n) is 4.94. The van der Waals surface area contributed by atoms with Crippen molar-refractivity contribution in [1.29, 1.82) is 0 Å². The first-order valence-electron chi connectivity index (χ1n) is 6.34. The average Bonchev–Trinajstić information content (AvgIpc) is 2.97. The second-order valence-corrected chi connectivity index (χ2v) is 4.94. The highest BCUT2D eigenvalue weighted by Crippen LogP contribution is 2.25. The first-order chi connectivity index (χ1) is 8.61. The Morgan fingerprint density at radius 1 is 1.50 bits per heavy atom. The molecular formula is C13H19NO4. The molecule has 1 heterocycles. The van der Waals surface area contributed by atoms with Crippen LogP contribution in [0.5, 0.6) is 0 Å². The lowest BCUT2D eigenvalue weighted by atomic mass is 10.0. The fourth-order valence-corrected chi connectivity index (χ4v) is 2.66. The zero-order valence-corrected chi connectivity index (χ0v) is 10.5. The van der Waals surface area contributed by atoms with Crippen molar-refractivity contribution < 1.29 is 19.4 Å². The predicted molar refractivity (Wildman–Crippen MR) is 64.6 cm³/mol. The minimum atomic E-state index is -0.628. The van der Waals surface area contributed by atoms with Gasteiger partial charge in [-0.3, -0.25) is 4.79 Å². The number of rotatable bonds is 3. The summed E-state index contributed by atoms with van der Waals surface area (Å²) in [6, 6.07) is -0.622. The third kappa shape index (κ3) is 2.72. The molecule has 1 aliphatic carbocycles. The smallest absolute Gasteiger partial charge is 0.328 e. The number of ether oxygens (including phenoxy) is 1. The molecule has 0 aromatic heterocycles. The number of methoxy groups -OCH3 is 1. The van der Waals surface area contributed by atoms with E-state index in [0.29, 0.717) is 6.42 Å². The van der Waals surface area contributed by atoms with Crippen LogP contribution < -0.4 is 0 Å². The number of β-amino-alcohol motifs (C(OH)–C–C–N with tert-alkyl or cyclic N) is 1. The number of hydrogen-bond acceptors (Lipinski definition) is 4. The predicted octanol–water partition coefficient (Wildman–Crippen LogP) is 0.477. The molecule has 0 spiro atoms. The molecule has 1 amide bonds. The summed E-state index contributed by atoms with van der Waals surface area (Å²) < 4.78 is 4.67. The Balaban J connectivity index is 1.98. The van der Waals surface area contributed by atoms with Crippen molar-refractivity contribution in [2.45, 2.75) is 37.8 Å². The highest BCUT2D eigenvalue weighted by Gasteiger charge is 2.39. The molecule has 5 nitrogen and oxygen atoms in total. The average molecular weight is 253 g/mol. The monoisotopic (exact) mass is 253 g/mol. The van der Waals surface area contributed by atoms with Crippen LogP contribution in [0.25, 0.3) is 0 Å².